The Morgan fingerprint density at radius 3 is 2.59 bits per heavy atom. The lowest BCUT2D eigenvalue weighted by Crippen LogP contribution is -2.36. The number of halogens is 1. The van der Waals surface area contributed by atoms with Gasteiger partial charge in [-0.05, 0) is 6.92 Å². The van der Waals surface area contributed by atoms with Gasteiger partial charge in [-0.25, -0.2) is 9.98 Å². The van der Waals surface area contributed by atoms with Crippen LogP contribution in [0.1, 0.15) is 44.9 Å². The Labute approximate surface area is 176 Å². The number of oxazole rings is 1. The van der Waals surface area contributed by atoms with Crippen molar-refractivity contribution in [3.05, 3.63) is 57.8 Å². The van der Waals surface area contributed by atoms with Crippen LogP contribution in [0, 0.1) is 10.1 Å². The second-order valence-electron chi connectivity index (χ2n) is 6.80. The number of benzene rings is 1. The van der Waals surface area contributed by atoms with Gasteiger partial charge in [0.2, 0.25) is 5.89 Å². The first-order valence-corrected chi connectivity index (χ1v) is 8.51. The fourth-order valence-corrected chi connectivity index (χ4v) is 2.23. The molecule has 0 fully saturated rings. The highest BCUT2D eigenvalue weighted by Gasteiger charge is 2.19. The number of para-hydroxylation sites is 1. The van der Waals surface area contributed by atoms with Crippen molar-refractivity contribution in [2.45, 2.75) is 46.2 Å². The zero-order chi connectivity index (χ0) is 19.2. The van der Waals surface area contributed by atoms with Crippen molar-refractivity contribution in [1.29, 1.82) is 0 Å². The summed E-state index contributed by atoms with van der Waals surface area (Å²) in [5, 5.41) is 17.3. The molecule has 0 saturated carbocycles. The number of nitrogens with one attached hydrogen (secondary N) is 2. The smallest absolute Gasteiger partial charge is 0.274 e. The molecule has 0 spiro atoms. The van der Waals surface area contributed by atoms with Gasteiger partial charge in [0.15, 0.2) is 5.96 Å². The lowest BCUT2D eigenvalue weighted by Gasteiger charge is -2.13. The lowest BCUT2D eigenvalue weighted by atomic mass is 9.94. The Morgan fingerprint density at radius 1 is 1.30 bits per heavy atom. The summed E-state index contributed by atoms with van der Waals surface area (Å²) in [6, 6.07) is 6.59. The van der Waals surface area contributed by atoms with E-state index in [0.29, 0.717) is 30.5 Å². The number of aromatic nitrogens is 1. The van der Waals surface area contributed by atoms with E-state index in [2.05, 4.69) is 41.4 Å². The number of nitrogens with zero attached hydrogens (tertiary/aromatic N) is 3. The number of hydrogen-bond acceptors (Lipinski definition) is 5. The number of rotatable bonds is 6. The molecule has 0 aliphatic rings. The fourth-order valence-electron chi connectivity index (χ4n) is 2.23. The minimum absolute atomic E-state index is 0. The van der Waals surface area contributed by atoms with E-state index in [9.17, 15) is 10.1 Å². The van der Waals surface area contributed by atoms with Gasteiger partial charge in [0, 0.05) is 18.0 Å². The summed E-state index contributed by atoms with van der Waals surface area (Å²) in [7, 11) is 0. The summed E-state index contributed by atoms with van der Waals surface area (Å²) in [5.41, 5.74) is 0.520. The van der Waals surface area contributed by atoms with Crippen LogP contribution in [0.25, 0.3) is 0 Å². The topological polar surface area (TPSA) is 106 Å². The summed E-state index contributed by atoms with van der Waals surface area (Å²) in [6.45, 7) is 9.37. The van der Waals surface area contributed by atoms with Gasteiger partial charge in [-0.1, -0.05) is 39.0 Å². The fraction of sp³-hybridized carbons (Fsp3) is 0.444. The highest BCUT2D eigenvalue weighted by atomic mass is 127. The normalized spacial score (nSPS) is 11.6. The molecule has 2 N–H and O–H groups in total. The first-order valence-electron chi connectivity index (χ1n) is 8.51. The number of nitro groups is 1. The van der Waals surface area contributed by atoms with Gasteiger partial charge >= 0.3 is 0 Å². The van der Waals surface area contributed by atoms with Crippen LogP contribution in [0.2, 0.25) is 0 Å². The lowest BCUT2D eigenvalue weighted by molar-refractivity contribution is -0.385. The monoisotopic (exact) mass is 487 g/mol. The number of aliphatic imine (C=N–C) groups is 1. The minimum Gasteiger partial charge on any atom is -0.443 e. The SMILES string of the molecule is CCNC(=NCc1ccccc1[N+](=O)[O-])NCc1ncc(C(C)(C)C)o1.I. The summed E-state index contributed by atoms with van der Waals surface area (Å²) in [5.74, 6) is 1.92. The molecule has 2 aromatic rings. The van der Waals surface area contributed by atoms with E-state index in [1.54, 1.807) is 24.4 Å². The van der Waals surface area contributed by atoms with E-state index in [0.717, 1.165) is 5.76 Å². The van der Waals surface area contributed by atoms with E-state index in [-0.39, 0.29) is 41.6 Å². The van der Waals surface area contributed by atoms with Gasteiger partial charge in [0.25, 0.3) is 5.69 Å². The van der Waals surface area contributed by atoms with E-state index < -0.39 is 4.92 Å². The van der Waals surface area contributed by atoms with Crippen LogP contribution in [0.5, 0.6) is 0 Å². The molecule has 27 heavy (non-hydrogen) atoms. The molecule has 8 nitrogen and oxygen atoms in total. The molecule has 1 aromatic heterocycles. The largest absolute Gasteiger partial charge is 0.443 e. The molecule has 0 amide bonds. The predicted octanol–water partition coefficient (Wildman–Crippen LogP) is 3.75. The van der Waals surface area contributed by atoms with Crippen molar-refractivity contribution in [3.8, 4) is 0 Å². The molecule has 1 heterocycles. The standard InChI is InChI=1S/C18H25N5O3.HI/c1-5-19-17(21-10-13-8-6-7-9-14(13)23(24)25)22-12-16-20-11-15(26-16)18(2,3)4;/h6-9,11H,5,10,12H2,1-4H3,(H2,19,21,22);1H. The molecule has 0 bridgehead atoms. The predicted molar refractivity (Wildman–Crippen MR) is 115 cm³/mol. The van der Waals surface area contributed by atoms with E-state index in [1.807, 2.05) is 6.92 Å². The number of nitro benzene ring substituents is 1. The third-order valence-electron chi connectivity index (χ3n) is 3.64. The average Bonchev–Trinajstić information content (AvgIpc) is 3.07. The van der Waals surface area contributed by atoms with Crippen molar-refractivity contribution in [1.82, 2.24) is 15.6 Å². The Kier molecular flexibility index (Phi) is 8.67. The van der Waals surface area contributed by atoms with E-state index in [4.69, 9.17) is 4.42 Å². The zero-order valence-corrected chi connectivity index (χ0v) is 18.3. The maximum absolute atomic E-state index is 11.1. The molecule has 0 aliphatic carbocycles. The van der Waals surface area contributed by atoms with E-state index in [1.165, 1.54) is 6.07 Å². The average molecular weight is 487 g/mol. The zero-order valence-electron chi connectivity index (χ0n) is 16.0. The van der Waals surface area contributed by atoms with Crippen molar-refractivity contribution >= 4 is 35.6 Å². The molecule has 2 rings (SSSR count). The molecular weight excluding hydrogens is 461 g/mol. The van der Waals surface area contributed by atoms with Crippen molar-refractivity contribution in [3.63, 3.8) is 0 Å². The van der Waals surface area contributed by atoms with Crippen molar-refractivity contribution < 1.29 is 9.34 Å². The maximum Gasteiger partial charge on any atom is 0.274 e. The molecule has 9 heteroatoms. The third-order valence-corrected chi connectivity index (χ3v) is 3.64. The van der Waals surface area contributed by atoms with Crippen LogP contribution < -0.4 is 10.6 Å². The molecule has 0 aliphatic heterocycles. The van der Waals surface area contributed by atoms with Gasteiger partial charge in [0.1, 0.15) is 5.76 Å². The van der Waals surface area contributed by atoms with Crippen LogP contribution in [0.4, 0.5) is 5.69 Å². The summed E-state index contributed by atoms with van der Waals surface area (Å²) < 4.78 is 5.74. The van der Waals surface area contributed by atoms with Gasteiger partial charge < -0.3 is 15.1 Å². The first-order chi connectivity index (χ1) is 12.3. The Balaban J connectivity index is 0.00000364. The summed E-state index contributed by atoms with van der Waals surface area (Å²) >= 11 is 0. The molecule has 0 atom stereocenters. The van der Waals surface area contributed by atoms with Crippen molar-refractivity contribution in [2.75, 3.05) is 6.54 Å². The number of hydrogen-bond donors (Lipinski definition) is 2. The molecule has 1 aromatic carbocycles. The van der Waals surface area contributed by atoms with Crippen LogP contribution in [-0.4, -0.2) is 22.4 Å². The second-order valence-corrected chi connectivity index (χ2v) is 6.80. The Bertz CT molecular complexity index is 783. The summed E-state index contributed by atoms with van der Waals surface area (Å²) in [6.07, 6.45) is 1.73. The molecular formula is C18H26IN5O3. The quantitative estimate of drug-likeness (QED) is 0.211. The minimum atomic E-state index is -0.397. The molecule has 0 radical (unpaired) electrons. The number of guanidine groups is 1. The van der Waals surface area contributed by atoms with E-state index >= 15 is 0 Å². The van der Waals surface area contributed by atoms with Gasteiger partial charge in [0.05, 0.1) is 29.8 Å². The van der Waals surface area contributed by atoms with Crippen molar-refractivity contribution in [2.24, 2.45) is 4.99 Å². The highest BCUT2D eigenvalue weighted by Crippen LogP contribution is 2.22. The van der Waals surface area contributed by atoms with Crippen LogP contribution >= 0.6 is 24.0 Å². The second kappa shape index (κ2) is 10.2. The summed E-state index contributed by atoms with van der Waals surface area (Å²) in [4.78, 5) is 19.4. The van der Waals surface area contributed by atoms with Crippen LogP contribution in [0.3, 0.4) is 0 Å². The molecule has 0 unspecified atom stereocenters. The van der Waals surface area contributed by atoms with Gasteiger partial charge in [-0.15, -0.1) is 24.0 Å². The third kappa shape index (κ3) is 6.81. The molecule has 0 saturated heterocycles. The maximum atomic E-state index is 11.1. The Morgan fingerprint density at radius 2 is 2.00 bits per heavy atom. The van der Waals surface area contributed by atoms with Crippen LogP contribution in [-0.2, 0) is 18.5 Å². The molecule has 148 valence electrons. The highest BCUT2D eigenvalue weighted by molar-refractivity contribution is 14.0. The van der Waals surface area contributed by atoms with Crippen LogP contribution in [0.15, 0.2) is 39.9 Å². The van der Waals surface area contributed by atoms with Gasteiger partial charge in [-0.2, -0.15) is 0 Å². The Hall–Kier alpha value is -2.17. The van der Waals surface area contributed by atoms with Gasteiger partial charge in [-0.3, -0.25) is 10.1 Å². The first kappa shape index (κ1) is 22.9.